The molecule has 0 aliphatic carbocycles. The molecule has 2 N–H and O–H groups in total. The Morgan fingerprint density at radius 1 is 1.24 bits per heavy atom. The molecular formula is C23H29F3N4O3. The Kier molecular flexibility index (Phi) is 6.88. The van der Waals surface area contributed by atoms with E-state index in [1.807, 2.05) is 25.7 Å². The van der Waals surface area contributed by atoms with Crippen LogP contribution in [0.4, 0.5) is 19.1 Å². The largest absolute Gasteiger partial charge is 0.416 e. The Labute approximate surface area is 190 Å². The number of amides is 1. The van der Waals surface area contributed by atoms with Gasteiger partial charge in [-0.15, -0.1) is 0 Å². The van der Waals surface area contributed by atoms with Gasteiger partial charge in [0.15, 0.2) is 0 Å². The molecule has 0 spiro atoms. The van der Waals surface area contributed by atoms with E-state index in [4.69, 9.17) is 10.5 Å². The molecule has 0 radical (unpaired) electrons. The third kappa shape index (κ3) is 5.38. The zero-order valence-corrected chi connectivity index (χ0v) is 19.1. The van der Waals surface area contributed by atoms with Crippen molar-refractivity contribution in [2.24, 2.45) is 17.1 Å². The summed E-state index contributed by atoms with van der Waals surface area (Å²) in [4.78, 5) is 31.5. The lowest BCUT2D eigenvalue weighted by Crippen LogP contribution is -2.39. The molecule has 1 amide bonds. The van der Waals surface area contributed by atoms with Crippen molar-refractivity contribution in [1.29, 1.82) is 0 Å². The second-order valence-electron chi connectivity index (χ2n) is 9.46. The first-order valence-electron chi connectivity index (χ1n) is 10.7. The van der Waals surface area contributed by atoms with Gasteiger partial charge >= 0.3 is 6.18 Å². The molecule has 0 saturated carbocycles. The summed E-state index contributed by atoms with van der Waals surface area (Å²) >= 11 is 0. The summed E-state index contributed by atoms with van der Waals surface area (Å²) in [6, 6.07) is 5.22. The van der Waals surface area contributed by atoms with E-state index < -0.39 is 34.7 Å². The number of benzene rings is 1. The minimum absolute atomic E-state index is 0.151. The molecule has 180 valence electrons. The van der Waals surface area contributed by atoms with Crippen LogP contribution >= 0.6 is 0 Å². The Balaban J connectivity index is 2.18. The van der Waals surface area contributed by atoms with Gasteiger partial charge in [-0.05, 0) is 29.5 Å². The normalized spacial score (nSPS) is 17.9. The quantitative estimate of drug-likeness (QED) is 0.704. The van der Waals surface area contributed by atoms with Crippen LogP contribution in [-0.2, 0) is 10.9 Å². The third-order valence-electron chi connectivity index (χ3n) is 5.79. The van der Waals surface area contributed by atoms with Gasteiger partial charge in [-0.1, -0.05) is 32.9 Å². The summed E-state index contributed by atoms with van der Waals surface area (Å²) in [6.07, 6.45) is -3.65. The number of nitrogens with zero attached hydrogens (tertiary/aromatic N) is 3. The number of anilines is 1. The fourth-order valence-electron chi connectivity index (χ4n) is 4.35. The van der Waals surface area contributed by atoms with Crippen molar-refractivity contribution in [3.8, 4) is 0 Å². The number of rotatable bonds is 6. The smallest absolute Gasteiger partial charge is 0.384 e. The van der Waals surface area contributed by atoms with Gasteiger partial charge in [-0.3, -0.25) is 14.2 Å². The number of carbonyl (C=O) groups excluding carboxylic acids is 1. The molecule has 0 bridgehead atoms. The summed E-state index contributed by atoms with van der Waals surface area (Å²) in [5.74, 6) is -0.332. The summed E-state index contributed by atoms with van der Waals surface area (Å²) in [6.45, 7) is 7.37. The van der Waals surface area contributed by atoms with Crippen LogP contribution in [0, 0.1) is 11.3 Å². The van der Waals surface area contributed by atoms with Crippen molar-refractivity contribution >= 4 is 11.9 Å². The van der Waals surface area contributed by atoms with Crippen LogP contribution in [0.2, 0.25) is 0 Å². The summed E-state index contributed by atoms with van der Waals surface area (Å²) < 4.78 is 46.0. The van der Waals surface area contributed by atoms with E-state index in [0.717, 1.165) is 24.6 Å². The highest BCUT2D eigenvalue weighted by Gasteiger charge is 2.36. The average molecular weight is 467 g/mol. The van der Waals surface area contributed by atoms with Crippen LogP contribution in [0.5, 0.6) is 0 Å². The monoisotopic (exact) mass is 466 g/mol. The van der Waals surface area contributed by atoms with Crippen LogP contribution in [0.25, 0.3) is 0 Å². The van der Waals surface area contributed by atoms with Crippen molar-refractivity contribution < 1.29 is 22.7 Å². The standard InChI is InChI=1S/C23H29F3N4O3/c1-22(2,3)19(15-5-7-16(8-6-15)23(24,25)26)30-18(31)11-17(20(27)32)28-21(30)29-10-9-14(12-29)13-33-4/h5-8,11,14,19H,9-10,12-13H2,1-4H3,(H2,27,32)/t14-,19-/m0/s1. The number of nitrogens with two attached hydrogens (primary N) is 1. The zero-order valence-electron chi connectivity index (χ0n) is 19.1. The number of methoxy groups -OCH3 is 1. The number of carbonyl (C=O) groups is 1. The minimum atomic E-state index is -4.46. The topological polar surface area (TPSA) is 90.4 Å². The molecule has 10 heteroatoms. The van der Waals surface area contributed by atoms with E-state index in [1.165, 1.54) is 16.7 Å². The van der Waals surface area contributed by atoms with Gasteiger partial charge in [-0.25, -0.2) is 4.98 Å². The lowest BCUT2D eigenvalue weighted by atomic mass is 9.81. The number of halogens is 3. The van der Waals surface area contributed by atoms with Gasteiger partial charge in [0.05, 0.1) is 18.2 Å². The van der Waals surface area contributed by atoms with E-state index in [-0.39, 0.29) is 17.6 Å². The first-order chi connectivity index (χ1) is 15.3. The van der Waals surface area contributed by atoms with Gasteiger partial charge in [0.1, 0.15) is 5.69 Å². The predicted molar refractivity (Wildman–Crippen MR) is 118 cm³/mol. The number of alkyl halides is 3. The van der Waals surface area contributed by atoms with Crippen molar-refractivity contribution in [2.45, 2.75) is 39.4 Å². The van der Waals surface area contributed by atoms with Crippen molar-refractivity contribution in [3.63, 3.8) is 0 Å². The molecular weight excluding hydrogens is 437 g/mol. The van der Waals surface area contributed by atoms with Crippen LogP contribution in [0.15, 0.2) is 35.1 Å². The lowest BCUT2D eigenvalue weighted by molar-refractivity contribution is -0.137. The SMILES string of the molecule is COC[C@H]1CCN(c2nc(C(N)=O)cc(=O)n2[C@@H](c2ccc(C(F)(F)F)cc2)C(C)(C)C)C1. The molecule has 2 heterocycles. The number of aromatic nitrogens is 2. The highest BCUT2D eigenvalue weighted by atomic mass is 19.4. The third-order valence-corrected chi connectivity index (χ3v) is 5.79. The van der Waals surface area contributed by atoms with Gasteiger partial charge < -0.3 is 15.4 Å². The predicted octanol–water partition coefficient (Wildman–Crippen LogP) is 3.47. The highest BCUT2D eigenvalue weighted by molar-refractivity contribution is 5.90. The molecule has 1 aromatic carbocycles. The zero-order chi connectivity index (χ0) is 24.6. The van der Waals surface area contributed by atoms with E-state index in [9.17, 15) is 22.8 Å². The van der Waals surface area contributed by atoms with Crippen LogP contribution in [-0.4, -0.2) is 42.3 Å². The molecule has 7 nitrogen and oxygen atoms in total. The Bertz CT molecular complexity index is 1060. The van der Waals surface area contributed by atoms with E-state index >= 15 is 0 Å². The molecule has 3 rings (SSSR count). The molecule has 2 aromatic rings. The Morgan fingerprint density at radius 3 is 2.39 bits per heavy atom. The molecule has 1 fully saturated rings. The minimum Gasteiger partial charge on any atom is -0.384 e. The molecule has 2 atom stereocenters. The van der Waals surface area contributed by atoms with Crippen molar-refractivity contribution in [3.05, 3.63) is 57.5 Å². The molecule has 1 saturated heterocycles. The first kappa shape index (κ1) is 24.8. The van der Waals surface area contributed by atoms with E-state index in [0.29, 0.717) is 25.3 Å². The molecule has 1 aromatic heterocycles. The van der Waals surface area contributed by atoms with Crippen LogP contribution < -0.4 is 16.2 Å². The maximum atomic E-state index is 13.3. The van der Waals surface area contributed by atoms with Gasteiger partial charge in [0.2, 0.25) is 5.95 Å². The molecule has 1 aliphatic heterocycles. The summed E-state index contributed by atoms with van der Waals surface area (Å²) in [5.41, 5.74) is 3.95. The second kappa shape index (κ2) is 9.17. The van der Waals surface area contributed by atoms with Crippen LogP contribution in [0.1, 0.15) is 54.8 Å². The molecule has 33 heavy (non-hydrogen) atoms. The van der Waals surface area contributed by atoms with Crippen LogP contribution in [0.3, 0.4) is 0 Å². The maximum absolute atomic E-state index is 13.3. The van der Waals surface area contributed by atoms with Crippen molar-refractivity contribution in [1.82, 2.24) is 9.55 Å². The van der Waals surface area contributed by atoms with Crippen molar-refractivity contribution in [2.75, 3.05) is 31.7 Å². The fraction of sp³-hybridized carbons (Fsp3) is 0.522. The molecule has 0 unspecified atom stereocenters. The van der Waals surface area contributed by atoms with E-state index in [1.54, 1.807) is 7.11 Å². The number of hydrogen-bond donors (Lipinski definition) is 1. The average Bonchev–Trinajstić information content (AvgIpc) is 3.16. The Morgan fingerprint density at radius 2 is 1.88 bits per heavy atom. The maximum Gasteiger partial charge on any atom is 0.416 e. The first-order valence-corrected chi connectivity index (χ1v) is 10.7. The van der Waals surface area contributed by atoms with E-state index in [2.05, 4.69) is 4.98 Å². The van der Waals surface area contributed by atoms with Gasteiger partial charge in [0.25, 0.3) is 11.5 Å². The van der Waals surface area contributed by atoms with Gasteiger partial charge in [-0.2, -0.15) is 13.2 Å². The second-order valence-corrected chi connectivity index (χ2v) is 9.46. The van der Waals surface area contributed by atoms with Gasteiger partial charge in [0, 0.05) is 32.2 Å². The number of ether oxygens (including phenoxy) is 1. The molecule has 1 aliphatic rings. The lowest BCUT2D eigenvalue weighted by Gasteiger charge is -2.36. The fourth-order valence-corrected chi connectivity index (χ4v) is 4.35. The number of hydrogen-bond acceptors (Lipinski definition) is 5. The summed E-state index contributed by atoms with van der Waals surface area (Å²) in [5, 5.41) is 0. The summed E-state index contributed by atoms with van der Waals surface area (Å²) in [7, 11) is 1.62. The Hall–Kier alpha value is -2.88. The number of primary amides is 1. The highest BCUT2D eigenvalue weighted by Crippen LogP contribution is 2.39.